The molecule has 1 amide bonds. The van der Waals surface area contributed by atoms with E-state index in [-0.39, 0.29) is 16.7 Å². The standard InChI is InChI=1S/C22H20ClN3O3S2/c1-13(30-10-8-18(27)24-11-14-5-2-3-6-16(14)23)20-25-21(28)19-15(12-31-22(19)26-20)17-7-4-9-29-17/h2-7,9,12-13H,8,10-11H2,1H3,(H,24,27)(H,25,26,28). The number of nitrogens with zero attached hydrogens (tertiary/aromatic N) is 1. The summed E-state index contributed by atoms with van der Waals surface area (Å²) in [6.45, 7) is 2.37. The molecule has 4 rings (SSSR count). The Kier molecular flexibility index (Phi) is 6.80. The van der Waals surface area contributed by atoms with Gasteiger partial charge >= 0.3 is 0 Å². The zero-order valence-electron chi connectivity index (χ0n) is 16.7. The lowest BCUT2D eigenvalue weighted by atomic mass is 10.2. The molecular formula is C22H20ClN3O3S2. The van der Waals surface area contributed by atoms with Crippen LogP contribution in [0.25, 0.3) is 21.5 Å². The number of carbonyl (C=O) groups is 1. The van der Waals surface area contributed by atoms with Gasteiger partial charge in [0.1, 0.15) is 16.4 Å². The minimum Gasteiger partial charge on any atom is -0.464 e. The fourth-order valence-electron chi connectivity index (χ4n) is 3.10. The van der Waals surface area contributed by atoms with Gasteiger partial charge in [-0.3, -0.25) is 9.59 Å². The molecule has 3 heterocycles. The van der Waals surface area contributed by atoms with Crippen molar-refractivity contribution in [1.29, 1.82) is 0 Å². The molecule has 1 atom stereocenters. The summed E-state index contributed by atoms with van der Waals surface area (Å²) in [6, 6.07) is 11.0. The largest absolute Gasteiger partial charge is 0.464 e. The third kappa shape index (κ3) is 5.03. The van der Waals surface area contributed by atoms with E-state index in [9.17, 15) is 9.59 Å². The number of halogens is 1. The van der Waals surface area contributed by atoms with Gasteiger partial charge in [-0.05, 0) is 30.7 Å². The fraction of sp³-hybridized carbons (Fsp3) is 0.227. The van der Waals surface area contributed by atoms with Crippen LogP contribution in [0.15, 0.2) is 57.3 Å². The molecule has 1 aromatic carbocycles. The summed E-state index contributed by atoms with van der Waals surface area (Å²) in [5, 5.41) is 5.90. The summed E-state index contributed by atoms with van der Waals surface area (Å²) in [5.74, 6) is 1.82. The molecule has 0 fully saturated rings. The number of furan rings is 1. The number of thiophene rings is 1. The molecule has 1 unspecified atom stereocenters. The zero-order valence-corrected chi connectivity index (χ0v) is 19.1. The average molecular weight is 474 g/mol. The Balaban J connectivity index is 1.34. The van der Waals surface area contributed by atoms with E-state index in [2.05, 4.69) is 15.3 Å². The molecule has 0 aliphatic carbocycles. The maximum atomic E-state index is 12.7. The van der Waals surface area contributed by atoms with Crippen LogP contribution in [0.5, 0.6) is 0 Å². The van der Waals surface area contributed by atoms with Crippen LogP contribution in [0, 0.1) is 0 Å². The molecule has 160 valence electrons. The lowest BCUT2D eigenvalue weighted by Gasteiger charge is -2.11. The SMILES string of the molecule is CC(SCCC(=O)NCc1ccccc1Cl)c1nc2scc(-c3ccco3)c2c(=O)[nH]1. The molecule has 2 N–H and O–H groups in total. The number of benzene rings is 1. The summed E-state index contributed by atoms with van der Waals surface area (Å²) < 4.78 is 5.43. The first kappa shape index (κ1) is 21.7. The van der Waals surface area contributed by atoms with E-state index >= 15 is 0 Å². The lowest BCUT2D eigenvalue weighted by Crippen LogP contribution is -2.23. The van der Waals surface area contributed by atoms with Gasteiger partial charge in [-0.2, -0.15) is 11.8 Å². The number of aromatic nitrogens is 2. The van der Waals surface area contributed by atoms with E-state index in [1.165, 1.54) is 11.3 Å². The first-order chi connectivity index (χ1) is 15.0. The molecule has 0 spiro atoms. The maximum absolute atomic E-state index is 12.7. The Morgan fingerprint density at radius 3 is 2.94 bits per heavy atom. The van der Waals surface area contributed by atoms with E-state index in [0.29, 0.717) is 45.5 Å². The van der Waals surface area contributed by atoms with Gasteiger partial charge < -0.3 is 14.7 Å². The third-order valence-corrected chi connectivity index (χ3v) is 7.17. The number of nitrogens with one attached hydrogen (secondary N) is 2. The fourth-order valence-corrected chi connectivity index (χ4v) is 5.17. The van der Waals surface area contributed by atoms with Crippen molar-refractivity contribution in [3.63, 3.8) is 0 Å². The summed E-state index contributed by atoms with van der Waals surface area (Å²) in [6.07, 6.45) is 1.95. The summed E-state index contributed by atoms with van der Waals surface area (Å²) in [7, 11) is 0. The number of H-pyrrole nitrogens is 1. The molecule has 9 heteroatoms. The Labute approximate surface area is 192 Å². The molecular weight excluding hydrogens is 454 g/mol. The quantitative estimate of drug-likeness (QED) is 0.357. The van der Waals surface area contributed by atoms with Crippen LogP contribution in [0.4, 0.5) is 0 Å². The van der Waals surface area contributed by atoms with Crippen LogP contribution in [0.2, 0.25) is 5.02 Å². The van der Waals surface area contributed by atoms with Gasteiger partial charge in [0.15, 0.2) is 0 Å². The number of hydrogen-bond acceptors (Lipinski definition) is 6. The van der Waals surface area contributed by atoms with E-state index in [1.54, 1.807) is 30.2 Å². The molecule has 0 saturated heterocycles. The monoisotopic (exact) mass is 473 g/mol. The van der Waals surface area contributed by atoms with Crippen LogP contribution in [0.3, 0.4) is 0 Å². The van der Waals surface area contributed by atoms with Crippen LogP contribution in [0.1, 0.15) is 30.0 Å². The van der Waals surface area contributed by atoms with Crippen molar-refractivity contribution in [3.8, 4) is 11.3 Å². The second-order valence-corrected chi connectivity index (χ2v) is 9.60. The van der Waals surface area contributed by atoms with Crippen molar-refractivity contribution < 1.29 is 9.21 Å². The molecule has 0 aliphatic rings. The van der Waals surface area contributed by atoms with Gasteiger partial charge in [0.05, 0.1) is 16.9 Å². The minimum atomic E-state index is -0.183. The predicted octanol–water partition coefficient (Wildman–Crippen LogP) is 5.40. The van der Waals surface area contributed by atoms with Crippen LogP contribution in [-0.4, -0.2) is 21.6 Å². The molecule has 6 nitrogen and oxygen atoms in total. The molecule has 0 bridgehead atoms. The number of carbonyl (C=O) groups excluding carboxylic acids is 1. The maximum Gasteiger partial charge on any atom is 0.260 e. The van der Waals surface area contributed by atoms with Crippen LogP contribution in [-0.2, 0) is 11.3 Å². The van der Waals surface area contributed by atoms with Crippen molar-refractivity contribution in [2.24, 2.45) is 0 Å². The van der Waals surface area contributed by atoms with Crippen molar-refractivity contribution >= 4 is 50.8 Å². The van der Waals surface area contributed by atoms with Crippen LogP contribution >= 0.6 is 34.7 Å². The normalized spacial score (nSPS) is 12.2. The van der Waals surface area contributed by atoms with Crippen molar-refractivity contribution in [2.45, 2.75) is 25.1 Å². The second kappa shape index (κ2) is 9.72. The second-order valence-electron chi connectivity index (χ2n) is 6.89. The first-order valence-electron chi connectivity index (χ1n) is 9.70. The Morgan fingerprint density at radius 1 is 1.32 bits per heavy atom. The van der Waals surface area contributed by atoms with Gasteiger partial charge in [-0.1, -0.05) is 29.8 Å². The van der Waals surface area contributed by atoms with Gasteiger partial charge in [-0.15, -0.1) is 11.3 Å². The molecule has 3 aromatic heterocycles. The van der Waals surface area contributed by atoms with Gasteiger partial charge in [0.25, 0.3) is 5.56 Å². The average Bonchev–Trinajstić information content (AvgIpc) is 3.43. The highest BCUT2D eigenvalue weighted by atomic mass is 35.5. The highest BCUT2D eigenvalue weighted by molar-refractivity contribution is 7.99. The number of aromatic amines is 1. The topological polar surface area (TPSA) is 88.0 Å². The van der Waals surface area contributed by atoms with Crippen molar-refractivity contribution in [1.82, 2.24) is 15.3 Å². The number of rotatable bonds is 8. The van der Waals surface area contributed by atoms with Gasteiger partial charge in [0.2, 0.25) is 5.91 Å². The molecule has 31 heavy (non-hydrogen) atoms. The summed E-state index contributed by atoms with van der Waals surface area (Å²) >= 11 is 9.10. The van der Waals surface area contributed by atoms with E-state index in [4.69, 9.17) is 16.0 Å². The minimum absolute atomic E-state index is 0.0436. The third-order valence-electron chi connectivity index (χ3n) is 4.76. The van der Waals surface area contributed by atoms with Crippen molar-refractivity contribution in [2.75, 3.05) is 5.75 Å². The highest BCUT2D eigenvalue weighted by Gasteiger charge is 2.17. The Hall–Kier alpha value is -2.55. The zero-order chi connectivity index (χ0) is 21.8. The number of amides is 1. The smallest absolute Gasteiger partial charge is 0.260 e. The Morgan fingerprint density at radius 2 is 2.16 bits per heavy atom. The van der Waals surface area contributed by atoms with Crippen molar-refractivity contribution in [3.05, 3.63) is 74.8 Å². The lowest BCUT2D eigenvalue weighted by molar-refractivity contribution is -0.120. The Bertz CT molecular complexity index is 1250. The van der Waals surface area contributed by atoms with Crippen LogP contribution < -0.4 is 10.9 Å². The van der Waals surface area contributed by atoms with E-state index < -0.39 is 0 Å². The summed E-state index contributed by atoms with van der Waals surface area (Å²) in [4.78, 5) is 33.0. The number of thioether (sulfide) groups is 1. The number of hydrogen-bond donors (Lipinski definition) is 2. The number of fused-ring (bicyclic) bond motifs is 1. The molecule has 0 radical (unpaired) electrons. The first-order valence-corrected chi connectivity index (χ1v) is 12.0. The molecule has 4 aromatic rings. The van der Waals surface area contributed by atoms with Gasteiger partial charge in [0, 0.05) is 34.7 Å². The molecule has 0 aliphatic heterocycles. The summed E-state index contributed by atoms with van der Waals surface area (Å²) in [5.41, 5.74) is 1.46. The molecule has 0 saturated carbocycles. The van der Waals surface area contributed by atoms with Gasteiger partial charge in [-0.25, -0.2) is 4.98 Å². The van der Waals surface area contributed by atoms with E-state index in [1.807, 2.05) is 36.6 Å². The van der Waals surface area contributed by atoms with E-state index in [0.717, 1.165) is 11.1 Å². The highest BCUT2D eigenvalue weighted by Crippen LogP contribution is 2.33. The predicted molar refractivity (Wildman–Crippen MR) is 127 cm³/mol.